The summed E-state index contributed by atoms with van der Waals surface area (Å²) in [5.74, 6) is 1.03. The van der Waals surface area contributed by atoms with Crippen molar-refractivity contribution in [3.8, 4) is 5.75 Å². The summed E-state index contributed by atoms with van der Waals surface area (Å²) >= 11 is 7.56. The summed E-state index contributed by atoms with van der Waals surface area (Å²) in [6.45, 7) is 3.99. The molecule has 0 saturated heterocycles. The Morgan fingerprint density at radius 1 is 1.19 bits per heavy atom. The molecule has 5 nitrogen and oxygen atoms in total. The molecule has 0 bridgehead atoms. The van der Waals surface area contributed by atoms with Crippen LogP contribution in [0.25, 0.3) is 0 Å². The molecule has 0 aliphatic rings. The van der Waals surface area contributed by atoms with Crippen LogP contribution in [0, 0.1) is 6.92 Å². The summed E-state index contributed by atoms with van der Waals surface area (Å²) in [7, 11) is 1.53. The Labute approximate surface area is 168 Å². The molecular formula is C20H22ClNO4S. The van der Waals surface area contributed by atoms with E-state index < -0.39 is 0 Å². The predicted octanol–water partition coefficient (Wildman–Crippen LogP) is 4.71. The molecule has 2 rings (SSSR count). The van der Waals surface area contributed by atoms with Gasteiger partial charge in [-0.05, 0) is 43.2 Å². The normalized spacial score (nSPS) is 10.4. The second-order valence-corrected chi connectivity index (χ2v) is 7.15. The van der Waals surface area contributed by atoms with E-state index in [0.717, 1.165) is 11.1 Å². The van der Waals surface area contributed by atoms with Crippen molar-refractivity contribution in [1.29, 1.82) is 0 Å². The zero-order chi connectivity index (χ0) is 19.8. The molecule has 0 heterocycles. The van der Waals surface area contributed by atoms with E-state index in [-0.39, 0.29) is 11.9 Å². The second-order valence-electron chi connectivity index (χ2n) is 5.76. The summed E-state index contributed by atoms with van der Waals surface area (Å²) < 4.78 is 10.2. The van der Waals surface area contributed by atoms with Gasteiger partial charge in [0.05, 0.1) is 30.7 Å². The van der Waals surface area contributed by atoms with Crippen LogP contribution >= 0.6 is 23.4 Å². The number of ether oxygens (including phenoxy) is 2. The van der Waals surface area contributed by atoms with Gasteiger partial charge in [0, 0.05) is 16.8 Å². The quantitative estimate of drug-likeness (QED) is 0.642. The van der Waals surface area contributed by atoms with Crippen molar-refractivity contribution in [3.05, 3.63) is 58.1 Å². The Balaban J connectivity index is 1.86. The average molecular weight is 408 g/mol. The van der Waals surface area contributed by atoms with Gasteiger partial charge in [-0.15, -0.1) is 11.8 Å². The number of hydrogen-bond donors (Lipinski definition) is 1. The number of benzene rings is 2. The van der Waals surface area contributed by atoms with Crippen molar-refractivity contribution in [3.63, 3.8) is 0 Å². The van der Waals surface area contributed by atoms with Crippen molar-refractivity contribution in [1.82, 2.24) is 0 Å². The highest BCUT2D eigenvalue weighted by atomic mass is 35.5. The first-order chi connectivity index (χ1) is 12.9. The molecule has 0 atom stereocenters. The lowest BCUT2D eigenvalue weighted by atomic mass is 10.1. The summed E-state index contributed by atoms with van der Waals surface area (Å²) in [5, 5.41) is 3.44. The molecule has 0 aliphatic carbocycles. The lowest BCUT2D eigenvalue weighted by Gasteiger charge is -2.12. The molecule has 0 aliphatic heterocycles. The van der Waals surface area contributed by atoms with Gasteiger partial charge in [-0.3, -0.25) is 4.79 Å². The van der Waals surface area contributed by atoms with E-state index in [1.54, 1.807) is 31.2 Å². The van der Waals surface area contributed by atoms with E-state index in [4.69, 9.17) is 21.1 Å². The van der Waals surface area contributed by atoms with Gasteiger partial charge in [0.1, 0.15) is 5.75 Å². The van der Waals surface area contributed by atoms with Gasteiger partial charge >= 0.3 is 5.97 Å². The van der Waals surface area contributed by atoms with Crippen LogP contribution in [-0.2, 0) is 15.3 Å². The van der Waals surface area contributed by atoms with Crippen molar-refractivity contribution >= 4 is 40.9 Å². The Hall–Kier alpha value is -2.18. The largest absolute Gasteiger partial charge is 0.495 e. The zero-order valence-electron chi connectivity index (χ0n) is 15.5. The van der Waals surface area contributed by atoms with E-state index in [0.29, 0.717) is 40.1 Å². The maximum Gasteiger partial charge on any atom is 0.338 e. The van der Waals surface area contributed by atoms with Crippen LogP contribution in [0.2, 0.25) is 5.02 Å². The number of methoxy groups -OCH3 is 1. The molecule has 0 unspecified atom stereocenters. The van der Waals surface area contributed by atoms with Gasteiger partial charge < -0.3 is 14.8 Å². The number of rotatable bonds is 8. The van der Waals surface area contributed by atoms with Crippen LogP contribution in [0.1, 0.15) is 28.4 Å². The molecule has 1 amide bonds. The lowest BCUT2D eigenvalue weighted by Crippen LogP contribution is -2.15. The predicted molar refractivity (Wildman–Crippen MR) is 110 cm³/mol. The number of aryl methyl sites for hydroxylation is 1. The van der Waals surface area contributed by atoms with Gasteiger partial charge in [-0.2, -0.15) is 0 Å². The van der Waals surface area contributed by atoms with Crippen molar-refractivity contribution in [2.45, 2.75) is 19.6 Å². The number of halogens is 1. The van der Waals surface area contributed by atoms with E-state index in [9.17, 15) is 9.59 Å². The highest BCUT2D eigenvalue weighted by Crippen LogP contribution is 2.31. The topological polar surface area (TPSA) is 64.6 Å². The SMILES string of the molecule is CCOC(=O)c1ccc(CSCC(=O)Nc2cc(C)c(Cl)cc2OC)cc1. The molecule has 0 saturated carbocycles. The lowest BCUT2D eigenvalue weighted by molar-refractivity contribution is -0.113. The number of carbonyl (C=O) groups is 2. The van der Waals surface area contributed by atoms with Crippen molar-refractivity contribution in [2.75, 3.05) is 24.8 Å². The van der Waals surface area contributed by atoms with Gasteiger partial charge in [-0.1, -0.05) is 23.7 Å². The Morgan fingerprint density at radius 2 is 1.89 bits per heavy atom. The Kier molecular flexibility index (Phi) is 8.00. The van der Waals surface area contributed by atoms with Gasteiger partial charge in [0.25, 0.3) is 0 Å². The van der Waals surface area contributed by atoms with Crippen LogP contribution in [0.15, 0.2) is 36.4 Å². The van der Waals surface area contributed by atoms with E-state index >= 15 is 0 Å². The number of thioether (sulfide) groups is 1. The molecule has 27 heavy (non-hydrogen) atoms. The summed E-state index contributed by atoms with van der Waals surface area (Å²) in [5.41, 5.74) is 3.01. The Bertz CT molecular complexity index is 808. The minimum Gasteiger partial charge on any atom is -0.495 e. The summed E-state index contributed by atoms with van der Waals surface area (Å²) in [6.07, 6.45) is 0. The molecule has 0 fully saturated rings. The maximum absolute atomic E-state index is 12.2. The first kappa shape index (κ1) is 21.1. The van der Waals surface area contributed by atoms with Crippen LogP contribution in [0.5, 0.6) is 5.75 Å². The second kappa shape index (κ2) is 10.2. The fourth-order valence-corrected chi connectivity index (χ4v) is 3.27. The van der Waals surface area contributed by atoms with Crippen LogP contribution in [0.3, 0.4) is 0 Å². The molecule has 0 radical (unpaired) electrons. The van der Waals surface area contributed by atoms with Gasteiger partial charge in [0.15, 0.2) is 0 Å². The van der Waals surface area contributed by atoms with Crippen molar-refractivity contribution in [2.24, 2.45) is 0 Å². The number of amides is 1. The third-order valence-electron chi connectivity index (χ3n) is 3.72. The highest BCUT2D eigenvalue weighted by Gasteiger charge is 2.11. The summed E-state index contributed by atoms with van der Waals surface area (Å²) in [6, 6.07) is 10.7. The first-order valence-corrected chi connectivity index (χ1v) is 9.95. The molecule has 144 valence electrons. The van der Waals surface area contributed by atoms with Crippen molar-refractivity contribution < 1.29 is 19.1 Å². The number of nitrogens with one attached hydrogen (secondary N) is 1. The van der Waals surface area contributed by atoms with Crippen LogP contribution < -0.4 is 10.1 Å². The Morgan fingerprint density at radius 3 is 2.52 bits per heavy atom. The number of esters is 1. The van der Waals surface area contributed by atoms with Gasteiger partial charge in [0.2, 0.25) is 5.91 Å². The molecule has 2 aromatic rings. The van der Waals surface area contributed by atoms with Crippen LogP contribution in [0.4, 0.5) is 5.69 Å². The molecule has 1 N–H and O–H groups in total. The fraction of sp³-hybridized carbons (Fsp3) is 0.300. The molecular weight excluding hydrogens is 386 g/mol. The average Bonchev–Trinajstić information content (AvgIpc) is 2.65. The summed E-state index contributed by atoms with van der Waals surface area (Å²) in [4.78, 5) is 23.8. The maximum atomic E-state index is 12.2. The third kappa shape index (κ3) is 6.19. The first-order valence-electron chi connectivity index (χ1n) is 8.42. The smallest absolute Gasteiger partial charge is 0.338 e. The fourth-order valence-electron chi connectivity index (χ4n) is 2.33. The minimum atomic E-state index is -0.330. The molecule has 2 aromatic carbocycles. The van der Waals surface area contributed by atoms with E-state index in [1.807, 2.05) is 19.1 Å². The number of anilines is 1. The monoisotopic (exact) mass is 407 g/mol. The highest BCUT2D eigenvalue weighted by molar-refractivity contribution is 7.99. The number of hydrogen-bond acceptors (Lipinski definition) is 5. The standard InChI is InChI=1S/C20H22ClNO4S/c1-4-26-20(24)15-7-5-14(6-8-15)11-27-12-19(23)22-17-9-13(2)16(21)10-18(17)25-3/h5-10H,4,11-12H2,1-3H3,(H,22,23). The molecule has 7 heteroatoms. The molecule has 0 aromatic heterocycles. The molecule has 0 spiro atoms. The third-order valence-corrected chi connectivity index (χ3v) is 5.13. The van der Waals surface area contributed by atoms with Crippen LogP contribution in [-0.4, -0.2) is 31.3 Å². The van der Waals surface area contributed by atoms with E-state index in [1.165, 1.54) is 18.9 Å². The van der Waals surface area contributed by atoms with Gasteiger partial charge in [-0.25, -0.2) is 4.79 Å². The number of carbonyl (C=O) groups excluding carboxylic acids is 2. The zero-order valence-corrected chi connectivity index (χ0v) is 17.1. The van der Waals surface area contributed by atoms with E-state index in [2.05, 4.69) is 5.32 Å². The minimum absolute atomic E-state index is 0.122.